The Morgan fingerprint density at radius 2 is 1.85 bits per heavy atom. The van der Waals surface area contributed by atoms with Crippen LogP contribution in [0, 0.1) is 6.92 Å². The fourth-order valence-electron chi connectivity index (χ4n) is 3.75. The molecule has 1 aliphatic heterocycles. The molecule has 1 aliphatic rings. The second-order valence-corrected chi connectivity index (χ2v) is 8.85. The zero-order valence-electron chi connectivity index (χ0n) is 18.3. The van der Waals surface area contributed by atoms with Crippen molar-refractivity contribution in [1.82, 2.24) is 9.88 Å². The molecule has 1 unspecified atom stereocenters. The summed E-state index contributed by atoms with van der Waals surface area (Å²) < 4.78 is 32.8. The standard InChI is InChI=1S/C22H22BrN3O.C2HF3O2/c1-15-12-24-13-17-3-2-4-20(22(15)17)25-19-9-10-26(14-19)21(27)11-16-5-7-18(23)8-6-16;3-2(4,5)1(6)7/h2-8,12-13,19,25H,9-11,14H2,1H3;(H,6,7). The van der Waals surface area contributed by atoms with Crippen LogP contribution in [0.4, 0.5) is 18.9 Å². The maximum absolute atomic E-state index is 12.6. The van der Waals surface area contributed by atoms with E-state index in [-0.39, 0.29) is 11.9 Å². The van der Waals surface area contributed by atoms with Gasteiger partial charge in [-0.05, 0) is 42.7 Å². The van der Waals surface area contributed by atoms with Crippen LogP contribution in [0.1, 0.15) is 17.5 Å². The largest absolute Gasteiger partial charge is 0.490 e. The number of carboxylic acid groups (broad SMARTS) is 1. The van der Waals surface area contributed by atoms with Gasteiger partial charge in [0.15, 0.2) is 0 Å². The Labute approximate surface area is 202 Å². The van der Waals surface area contributed by atoms with Gasteiger partial charge in [-0.15, -0.1) is 0 Å². The van der Waals surface area contributed by atoms with E-state index in [1.165, 1.54) is 5.39 Å². The number of carboxylic acids is 1. The van der Waals surface area contributed by atoms with Gasteiger partial charge < -0.3 is 15.3 Å². The zero-order chi connectivity index (χ0) is 24.9. The van der Waals surface area contributed by atoms with E-state index < -0.39 is 12.1 Å². The molecular formula is C24H23BrF3N3O3. The number of rotatable bonds is 4. The quantitative estimate of drug-likeness (QED) is 0.478. The van der Waals surface area contributed by atoms with Crippen molar-refractivity contribution in [3.05, 3.63) is 70.5 Å². The molecule has 10 heteroatoms. The molecule has 4 rings (SSSR count). The van der Waals surface area contributed by atoms with Crippen molar-refractivity contribution in [2.24, 2.45) is 0 Å². The third-order valence-electron chi connectivity index (χ3n) is 5.38. The number of fused-ring (bicyclic) bond motifs is 1. The number of alkyl halides is 3. The molecule has 1 aromatic heterocycles. The van der Waals surface area contributed by atoms with Crippen molar-refractivity contribution in [3.63, 3.8) is 0 Å². The minimum absolute atomic E-state index is 0.194. The number of hydrogen-bond acceptors (Lipinski definition) is 4. The Morgan fingerprint density at radius 1 is 1.18 bits per heavy atom. The van der Waals surface area contributed by atoms with Gasteiger partial charge in [-0.25, -0.2) is 4.79 Å². The number of anilines is 1. The first kappa shape index (κ1) is 25.5. The molecule has 0 aliphatic carbocycles. The number of carbonyl (C=O) groups is 2. The number of likely N-dealkylation sites (tertiary alicyclic amines) is 1. The average molecular weight is 538 g/mol. The molecule has 1 atom stereocenters. The van der Waals surface area contributed by atoms with Crippen molar-refractivity contribution in [2.45, 2.75) is 32.0 Å². The first-order chi connectivity index (χ1) is 16.0. The fraction of sp³-hybridized carbons (Fsp3) is 0.292. The number of halogens is 4. The van der Waals surface area contributed by atoms with Crippen LogP contribution in [0.5, 0.6) is 0 Å². The van der Waals surface area contributed by atoms with Crippen molar-refractivity contribution in [1.29, 1.82) is 0 Å². The molecule has 2 aromatic carbocycles. The predicted molar refractivity (Wildman–Crippen MR) is 127 cm³/mol. The number of aryl methyl sites for hydroxylation is 1. The normalized spacial score (nSPS) is 15.6. The van der Waals surface area contributed by atoms with Gasteiger partial charge in [0.25, 0.3) is 0 Å². The summed E-state index contributed by atoms with van der Waals surface area (Å²) in [6, 6.07) is 14.5. The second-order valence-electron chi connectivity index (χ2n) is 7.94. The van der Waals surface area contributed by atoms with E-state index in [0.29, 0.717) is 6.42 Å². The van der Waals surface area contributed by atoms with Gasteiger partial charge in [0.05, 0.1) is 6.42 Å². The molecule has 34 heavy (non-hydrogen) atoms. The number of nitrogens with one attached hydrogen (secondary N) is 1. The van der Waals surface area contributed by atoms with Crippen molar-refractivity contribution >= 4 is 44.3 Å². The monoisotopic (exact) mass is 537 g/mol. The first-order valence-electron chi connectivity index (χ1n) is 10.5. The lowest BCUT2D eigenvalue weighted by molar-refractivity contribution is -0.192. The number of aromatic nitrogens is 1. The van der Waals surface area contributed by atoms with Crippen LogP contribution in [-0.2, 0) is 16.0 Å². The highest BCUT2D eigenvalue weighted by atomic mass is 79.9. The third-order valence-corrected chi connectivity index (χ3v) is 5.91. The Hall–Kier alpha value is -3.14. The number of amides is 1. The number of carbonyl (C=O) groups excluding carboxylic acids is 1. The molecule has 2 heterocycles. The van der Waals surface area contributed by atoms with Gasteiger partial charge >= 0.3 is 12.1 Å². The minimum atomic E-state index is -5.08. The van der Waals surface area contributed by atoms with Gasteiger partial charge in [-0.1, -0.05) is 40.2 Å². The second kappa shape index (κ2) is 10.9. The van der Waals surface area contributed by atoms with E-state index >= 15 is 0 Å². The molecule has 0 saturated carbocycles. The minimum Gasteiger partial charge on any atom is -0.475 e. The number of aliphatic carboxylic acids is 1. The Bertz CT molecular complexity index is 1160. The predicted octanol–water partition coefficient (Wildman–Crippen LogP) is 5.19. The van der Waals surface area contributed by atoms with Crippen LogP contribution in [0.3, 0.4) is 0 Å². The Balaban J connectivity index is 0.000000406. The van der Waals surface area contributed by atoms with E-state index in [9.17, 15) is 18.0 Å². The van der Waals surface area contributed by atoms with E-state index in [1.54, 1.807) is 0 Å². The lowest BCUT2D eigenvalue weighted by Crippen LogP contribution is -2.32. The molecule has 0 radical (unpaired) electrons. The highest BCUT2D eigenvalue weighted by molar-refractivity contribution is 9.10. The molecule has 0 bridgehead atoms. The first-order valence-corrected chi connectivity index (χ1v) is 11.3. The lowest BCUT2D eigenvalue weighted by Gasteiger charge is -2.19. The molecule has 6 nitrogen and oxygen atoms in total. The summed E-state index contributed by atoms with van der Waals surface area (Å²) >= 11 is 3.43. The van der Waals surface area contributed by atoms with Gasteiger partial charge in [0, 0.05) is 52.5 Å². The number of benzene rings is 2. The number of hydrogen-bond donors (Lipinski definition) is 2. The van der Waals surface area contributed by atoms with E-state index in [4.69, 9.17) is 9.90 Å². The molecule has 1 saturated heterocycles. The summed E-state index contributed by atoms with van der Waals surface area (Å²) in [5.41, 5.74) is 3.34. The van der Waals surface area contributed by atoms with E-state index in [2.05, 4.69) is 51.4 Å². The van der Waals surface area contributed by atoms with E-state index in [0.717, 1.165) is 46.2 Å². The van der Waals surface area contributed by atoms with Crippen molar-refractivity contribution in [3.8, 4) is 0 Å². The molecular weight excluding hydrogens is 515 g/mol. The molecule has 0 spiro atoms. The van der Waals surface area contributed by atoms with E-state index in [1.807, 2.05) is 41.6 Å². The van der Waals surface area contributed by atoms with Crippen LogP contribution < -0.4 is 5.32 Å². The third kappa shape index (κ3) is 6.69. The van der Waals surface area contributed by atoms with Crippen LogP contribution in [0.2, 0.25) is 0 Å². The maximum Gasteiger partial charge on any atom is 0.490 e. The summed E-state index contributed by atoms with van der Waals surface area (Å²) in [6.07, 6.45) is 0.137. The van der Waals surface area contributed by atoms with Crippen molar-refractivity contribution < 1.29 is 27.9 Å². The number of pyridine rings is 1. The summed E-state index contributed by atoms with van der Waals surface area (Å²) in [5.74, 6) is -2.56. The molecule has 180 valence electrons. The molecule has 1 amide bonds. The maximum atomic E-state index is 12.6. The van der Waals surface area contributed by atoms with Crippen LogP contribution in [-0.4, -0.2) is 52.2 Å². The summed E-state index contributed by atoms with van der Waals surface area (Å²) in [6.45, 7) is 3.64. The smallest absolute Gasteiger partial charge is 0.475 e. The topological polar surface area (TPSA) is 82.5 Å². The lowest BCUT2D eigenvalue weighted by atomic mass is 10.1. The highest BCUT2D eigenvalue weighted by Crippen LogP contribution is 2.28. The van der Waals surface area contributed by atoms with Crippen LogP contribution >= 0.6 is 15.9 Å². The molecule has 3 aromatic rings. The molecule has 2 N–H and O–H groups in total. The Kier molecular flexibility index (Phi) is 8.14. The summed E-state index contributed by atoms with van der Waals surface area (Å²) in [7, 11) is 0. The highest BCUT2D eigenvalue weighted by Gasteiger charge is 2.38. The van der Waals surface area contributed by atoms with Gasteiger partial charge in [-0.3, -0.25) is 9.78 Å². The zero-order valence-corrected chi connectivity index (χ0v) is 19.9. The number of nitrogens with zero attached hydrogens (tertiary/aromatic N) is 2. The van der Waals surface area contributed by atoms with Gasteiger partial charge in [-0.2, -0.15) is 13.2 Å². The van der Waals surface area contributed by atoms with Crippen LogP contribution in [0.15, 0.2) is 59.3 Å². The fourth-order valence-corrected chi connectivity index (χ4v) is 4.01. The van der Waals surface area contributed by atoms with Gasteiger partial charge in [0.1, 0.15) is 0 Å². The Morgan fingerprint density at radius 3 is 2.50 bits per heavy atom. The SMILES string of the molecule is Cc1cncc2cccc(NC3CCN(C(=O)Cc4ccc(Br)cc4)C3)c12.O=C(O)C(F)(F)F. The average Bonchev–Trinajstić information content (AvgIpc) is 3.24. The summed E-state index contributed by atoms with van der Waals surface area (Å²) in [5, 5.41) is 13.1. The molecule has 1 fully saturated rings. The van der Waals surface area contributed by atoms with Gasteiger partial charge in [0.2, 0.25) is 5.91 Å². The van der Waals surface area contributed by atoms with Crippen LogP contribution in [0.25, 0.3) is 10.8 Å². The van der Waals surface area contributed by atoms with Crippen molar-refractivity contribution in [2.75, 3.05) is 18.4 Å². The summed E-state index contributed by atoms with van der Waals surface area (Å²) in [4.78, 5) is 27.8.